The van der Waals surface area contributed by atoms with Crippen molar-refractivity contribution in [3.63, 3.8) is 0 Å². The Bertz CT molecular complexity index is 1130. The van der Waals surface area contributed by atoms with Crippen molar-refractivity contribution in [1.29, 1.82) is 0 Å². The van der Waals surface area contributed by atoms with E-state index >= 15 is 0 Å². The number of carbonyl (C=O) groups is 2. The number of nitrogen functional groups attached to an aromatic ring is 1. The van der Waals surface area contributed by atoms with E-state index in [0.29, 0.717) is 33.8 Å². The Morgan fingerprint density at radius 1 is 1.12 bits per heavy atom. The van der Waals surface area contributed by atoms with Crippen LogP contribution in [0.5, 0.6) is 5.75 Å². The third-order valence-electron chi connectivity index (χ3n) is 5.05. The highest BCUT2D eigenvalue weighted by molar-refractivity contribution is 8.00. The van der Waals surface area contributed by atoms with E-state index in [-0.39, 0.29) is 11.8 Å². The predicted molar refractivity (Wildman–Crippen MR) is 123 cm³/mol. The molecule has 1 fully saturated rings. The second kappa shape index (κ2) is 9.31. The summed E-state index contributed by atoms with van der Waals surface area (Å²) in [6, 6.07) is 13.8. The van der Waals surface area contributed by atoms with Gasteiger partial charge in [0.2, 0.25) is 11.1 Å². The number of ether oxygens (including phenoxy) is 1. The molecule has 0 aliphatic heterocycles. The standard InChI is InChI=1S/C22H24N6O3S/c1-13(32-22-27-26-19(28(22)23)14-7-8-14)20(29)24-16-11-9-15(10-12-16)21(30)25-17-5-3-4-6-18(17)31-2/h3-6,9-14H,7-8,23H2,1-2H3,(H,24,29)(H,25,30)/t13-/m1/s1. The number of para-hydroxylation sites is 2. The Kier molecular flexibility index (Phi) is 6.31. The van der Waals surface area contributed by atoms with Gasteiger partial charge in [-0.3, -0.25) is 9.59 Å². The summed E-state index contributed by atoms with van der Waals surface area (Å²) >= 11 is 1.25. The maximum Gasteiger partial charge on any atom is 0.255 e. The molecule has 1 aliphatic carbocycles. The Labute approximate surface area is 189 Å². The summed E-state index contributed by atoms with van der Waals surface area (Å²) in [5.41, 5.74) is 1.63. The van der Waals surface area contributed by atoms with Gasteiger partial charge < -0.3 is 21.2 Å². The van der Waals surface area contributed by atoms with Crippen LogP contribution in [0.25, 0.3) is 0 Å². The lowest BCUT2D eigenvalue weighted by molar-refractivity contribution is -0.115. The zero-order valence-electron chi connectivity index (χ0n) is 17.7. The lowest BCUT2D eigenvalue weighted by atomic mass is 10.2. The molecule has 1 heterocycles. The van der Waals surface area contributed by atoms with Crippen LogP contribution in [0.2, 0.25) is 0 Å². The van der Waals surface area contributed by atoms with E-state index in [1.807, 2.05) is 12.1 Å². The Hall–Kier alpha value is -3.53. The second-order valence-corrected chi connectivity index (χ2v) is 8.77. The van der Waals surface area contributed by atoms with Gasteiger partial charge in [-0.05, 0) is 56.2 Å². The van der Waals surface area contributed by atoms with Crippen LogP contribution in [0, 0.1) is 0 Å². The van der Waals surface area contributed by atoms with Gasteiger partial charge in [0.1, 0.15) is 5.75 Å². The van der Waals surface area contributed by atoms with Gasteiger partial charge in [0.05, 0.1) is 18.0 Å². The van der Waals surface area contributed by atoms with Crippen LogP contribution in [0.1, 0.15) is 41.9 Å². The van der Waals surface area contributed by atoms with E-state index in [9.17, 15) is 9.59 Å². The van der Waals surface area contributed by atoms with E-state index in [0.717, 1.165) is 18.7 Å². The molecule has 9 nitrogen and oxygen atoms in total. The van der Waals surface area contributed by atoms with Crippen molar-refractivity contribution < 1.29 is 14.3 Å². The SMILES string of the molecule is COc1ccccc1NC(=O)c1ccc(NC(=O)[C@@H](C)Sc2nnc(C3CC3)n2N)cc1. The van der Waals surface area contributed by atoms with Gasteiger partial charge in [-0.2, -0.15) is 0 Å². The van der Waals surface area contributed by atoms with Crippen molar-refractivity contribution in [1.82, 2.24) is 14.9 Å². The van der Waals surface area contributed by atoms with Crippen molar-refractivity contribution in [3.8, 4) is 5.75 Å². The molecule has 0 bridgehead atoms. The van der Waals surface area contributed by atoms with Gasteiger partial charge in [0.25, 0.3) is 5.91 Å². The first-order valence-corrected chi connectivity index (χ1v) is 11.1. The van der Waals surface area contributed by atoms with Crippen LogP contribution < -0.4 is 21.2 Å². The summed E-state index contributed by atoms with van der Waals surface area (Å²) in [5.74, 6) is 7.31. The number of rotatable bonds is 8. The van der Waals surface area contributed by atoms with Crippen LogP contribution in [0.4, 0.5) is 11.4 Å². The summed E-state index contributed by atoms with van der Waals surface area (Å²) < 4.78 is 6.72. The van der Waals surface area contributed by atoms with Gasteiger partial charge >= 0.3 is 0 Å². The number of benzene rings is 2. The maximum atomic E-state index is 12.6. The van der Waals surface area contributed by atoms with Gasteiger partial charge in [0, 0.05) is 17.2 Å². The molecule has 0 spiro atoms. The molecule has 3 aromatic rings. The summed E-state index contributed by atoms with van der Waals surface area (Å²) in [4.78, 5) is 25.1. The molecule has 1 aromatic heterocycles. The van der Waals surface area contributed by atoms with Gasteiger partial charge in [0.15, 0.2) is 5.82 Å². The Morgan fingerprint density at radius 2 is 1.84 bits per heavy atom. The molecule has 1 saturated carbocycles. The zero-order chi connectivity index (χ0) is 22.7. The zero-order valence-corrected chi connectivity index (χ0v) is 18.6. The van der Waals surface area contributed by atoms with Crippen molar-refractivity contribution >= 4 is 35.0 Å². The smallest absolute Gasteiger partial charge is 0.255 e. The summed E-state index contributed by atoms with van der Waals surface area (Å²) in [5, 5.41) is 14.0. The number of amides is 2. The molecule has 166 valence electrons. The lowest BCUT2D eigenvalue weighted by Gasteiger charge is -2.12. The van der Waals surface area contributed by atoms with Gasteiger partial charge in [-0.1, -0.05) is 23.9 Å². The molecular formula is C22H24N6O3S. The summed E-state index contributed by atoms with van der Waals surface area (Å²) in [6.07, 6.45) is 2.14. The Balaban J connectivity index is 1.34. The first-order chi connectivity index (χ1) is 15.5. The molecule has 32 heavy (non-hydrogen) atoms. The first-order valence-electron chi connectivity index (χ1n) is 10.2. The van der Waals surface area contributed by atoms with E-state index in [4.69, 9.17) is 10.6 Å². The molecule has 2 amide bonds. The molecule has 1 aliphatic rings. The fourth-order valence-corrected chi connectivity index (χ4v) is 3.87. The van der Waals surface area contributed by atoms with E-state index in [1.165, 1.54) is 16.4 Å². The molecule has 10 heteroatoms. The molecule has 0 radical (unpaired) electrons. The number of aromatic nitrogens is 3. The van der Waals surface area contributed by atoms with Crippen LogP contribution in [0.3, 0.4) is 0 Å². The molecule has 1 atom stereocenters. The first kappa shape index (κ1) is 21.7. The molecule has 0 saturated heterocycles. The molecule has 4 rings (SSSR count). The number of nitrogens with zero attached hydrogens (tertiary/aromatic N) is 3. The predicted octanol–water partition coefficient (Wildman–Crippen LogP) is 3.25. The highest BCUT2D eigenvalue weighted by Gasteiger charge is 2.30. The number of nitrogens with two attached hydrogens (primary N) is 1. The van der Waals surface area contributed by atoms with E-state index < -0.39 is 5.25 Å². The lowest BCUT2D eigenvalue weighted by Crippen LogP contribution is -2.24. The van der Waals surface area contributed by atoms with Crippen LogP contribution in [-0.2, 0) is 4.79 Å². The second-order valence-electron chi connectivity index (χ2n) is 7.47. The Morgan fingerprint density at radius 3 is 2.53 bits per heavy atom. The van der Waals surface area contributed by atoms with E-state index in [1.54, 1.807) is 50.4 Å². The maximum absolute atomic E-state index is 12.6. The largest absolute Gasteiger partial charge is 0.495 e. The number of hydrogen-bond acceptors (Lipinski definition) is 7. The average molecular weight is 453 g/mol. The number of hydrogen-bond donors (Lipinski definition) is 3. The fourth-order valence-electron chi connectivity index (χ4n) is 3.09. The van der Waals surface area contributed by atoms with Crippen molar-refractivity contribution in [3.05, 3.63) is 59.9 Å². The molecular weight excluding hydrogens is 428 g/mol. The summed E-state index contributed by atoms with van der Waals surface area (Å²) in [7, 11) is 1.55. The monoisotopic (exact) mass is 452 g/mol. The normalized spacial score (nSPS) is 13.9. The average Bonchev–Trinajstić information content (AvgIpc) is 3.58. The number of anilines is 2. The van der Waals surface area contributed by atoms with Gasteiger partial charge in [-0.15, -0.1) is 10.2 Å². The molecule has 4 N–H and O–H groups in total. The van der Waals surface area contributed by atoms with Crippen LogP contribution >= 0.6 is 11.8 Å². The number of methoxy groups -OCH3 is 1. The minimum absolute atomic E-state index is 0.197. The minimum atomic E-state index is -0.429. The number of nitrogens with one attached hydrogen (secondary N) is 2. The number of carbonyl (C=O) groups excluding carboxylic acids is 2. The van der Waals surface area contributed by atoms with Crippen LogP contribution in [0.15, 0.2) is 53.7 Å². The molecule has 0 unspecified atom stereocenters. The van der Waals surface area contributed by atoms with Gasteiger partial charge in [-0.25, -0.2) is 4.68 Å². The highest BCUT2D eigenvalue weighted by atomic mass is 32.2. The van der Waals surface area contributed by atoms with Crippen molar-refractivity contribution in [2.45, 2.75) is 36.1 Å². The van der Waals surface area contributed by atoms with Crippen molar-refractivity contribution in [2.24, 2.45) is 0 Å². The topological polar surface area (TPSA) is 124 Å². The molecule has 2 aromatic carbocycles. The quantitative estimate of drug-likeness (QED) is 0.354. The summed E-state index contributed by atoms with van der Waals surface area (Å²) in [6.45, 7) is 1.78. The third kappa shape index (κ3) is 4.86. The van der Waals surface area contributed by atoms with Crippen LogP contribution in [-0.4, -0.2) is 39.0 Å². The highest BCUT2D eigenvalue weighted by Crippen LogP contribution is 2.39. The minimum Gasteiger partial charge on any atom is -0.495 e. The van der Waals surface area contributed by atoms with Crippen molar-refractivity contribution in [2.75, 3.05) is 23.6 Å². The van der Waals surface area contributed by atoms with E-state index in [2.05, 4.69) is 20.8 Å². The number of thioether (sulfide) groups is 1. The fraction of sp³-hybridized carbons (Fsp3) is 0.273. The third-order valence-corrected chi connectivity index (χ3v) is 6.11.